The first-order chi connectivity index (χ1) is 9.18. The quantitative estimate of drug-likeness (QED) is 0.450. The number of nitrogens with one attached hydrogen (secondary N) is 2. The van der Waals surface area contributed by atoms with E-state index in [1.165, 1.54) is 11.8 Å². The van der Waals surface area contributed by atoms with Crippen molar-refractivity contribution in [3.63, 3.8) is 0 Å². The van der Waals surface area contributed by atoms with E-state index in [4.69, 9.17) is 10.8 Å². The van der Waals surface area contributed by atoms with Gasteiger partial charge in [-0.3, -0.25) is 9.59 Å². The molecule has 0 fully saturated rings. The highest BCUT2D eigenvalue weighted by atomic mass is 16.4. The fourth-order valence-electron chi connectivity index (χ4n) is 1.35. The topological polar surface area (TPSA) is 142 Å². The van der Waals surface area contributed by atoms with Gasteiger partial charge in [0.1, 0.15) is 12.1 Å². The Morgan fingerprint density at radius 2 is 1.80 bits per heavy atom. The Bertz CT molecular complexity index is 398. The van der Waals surface area contributed by atoms with Gasteiger partial charge in [0.2, 0.25) is 11.8 Å². The van der Waals surface area contributed by atoms with Crippen LogP contribution in [0.5, 0.6) is 0 Å². The third kappa shape index (κ3) is 6.03. The molecule has 0 radical (unpaired) electrons. The largest absolute Gasteiger partial charge is 0.480 e. The van der Waals surface area contributed by atoms with E-state index in [0.717, 1.165) is 0 Å². The van der Waals surface area contributed by atoms with Gasteiger partial charge in [-0.2, -0.15) is 0 Å². The lowest BCUT2D eigenvalue weighted by Crippen LogP contribution is -2.53. The summed E-state index contributed by atoms with van der Waals surface area (Å²) in [5, 5.41) is 13.2. The molecule has 0 aliphatic carbocycles. The van der Waals surface area contributed by atoms with E-state index in [-0.39, 0.29) is 5.91 Å². The van der Waals surface area contributed by atoms with Crippen LogP contribution in [0.1, 0.15) is 20.3 Å². The summed E-state index contributed by atoms with van der Waals surface area (Å²) in [7, 11) is 1.57. The fraction of sp³-hybridized carbons (Fsp3) is 0.636. The molecule has 0 heterocycles. The molecule has 0 saturated carbocycles. The van der Waals surface area contributed by atoms with Crippen LogP contribution in [0.2, 0.25) is 0 Å². The van der Waals surface area contributed by atoms with Gasteiger partial charge in [-0.1, -0.05) is 0 Å². The van der Waals surface area contributed by atoms with Crippen molar-refractivity contribution in [1.29, 1.82) is 0 Å². The number of hydrogen-bond donors (Lipinski definition) is 4. The molecule has 9 nitrogen and oxygen atoms in total. The van der Waals surface area contributed by atoms with Crippen LogP contribution in [-0.2, 0) is 14.4 Å². The number of nitrogens with two attached hydrogens (primary N) is 1. The number of carbonyl (C=O) groups excluding carboxylic acids is 3. The first-order valence-corrected chi connectivity index (χ1v) is 6.02. The number of nitrogens with zero attached hydrogens (tertiary/aromatic N) is 1. The molecular formula is C11H20N4O5. The average molecular weight is 288 g/mol. The molecule has 2 unspecified atom stereocenters. The third-order valence-corrected chi connectivity index (χ3v) is 2.58. The number of likely N-dealkylation sites (N-methyl/N-ethyl adjacent to an activating group) is 1. The molecule has 0 aliphatic rings. The zero-order chi connectivity index (χ0) is 15.9. The van der Waals surface area contributed by atoms with Crippen molar-refractivity contribution < 1.29 is 24.3 Å². The highest BCUT2D eigenvalue weighted by Gasteiger charge is 2.24. The molecule has 20 heavy (non-hydrogen) atoms. The Hall–Kier alpha value is -2.32. The molecule has 0 saturated heterocycles. The Kier molecular flexibility index (Phi) is 7.05. The summed E-state index contributed by atoms with van der Waals surface area (Å²) in [4.78, 5) is 46.2. The second-order valence-electron chi connectivity index (χ2n) is 4.25. The van der Waals surface area contributed by atoms with Crippen molar-refractivity contribution in [2.24, 2.45) is 5.73 Å². The minimum absolute atomic E-state index is 0.315. The van der Waals surface area contributed by atoms with Crippen LogP contribution in [0.3, 0.4) is 0 Å². The maximum absolute atomic E-state index is 11.7. The second-order valence-corrected chi connectivity index (χ2v) is 4.25. The zero-order valence-corrected chi connectivity index (χ0v) is 11.7. The Morgan fingerprint density at radius 3 is 2.20 bits per heavy atom. The van der Waals surface area contributed by atoms with Gasteiger partial charge in [0.25, 0.3) is 0 Å². The Morgan fingerprint density at radius 1 is 1.25 bits per heavy atom. The Balaban J connectivity index is 4.49. The summed E-state index contributed by atoms with van der Waals surface area (Å²) in [5.74, 6) is -2.56. The summed E-state index contributed by atoms with van der Waals surface area (Å²) in [6, 6.07) is -3.11. The summed E-state index contributed by atoms with van der Waals surface area (Å²) < 4.78 is 0. The van der Waals surface area contributed by atoms with Crippen molar-refractivity contribution in [3.8, 4) is 0 Å². The highest BCUT2D eigenvalue weighted by Crippen LogP contribution is 1.94. The minimum atomic E-state index is -1.43. The van der Waals surface area contributed by atoms with E-state index in [1.54, 1.807) is 14.0 Å². The monoisotopic (exact) mass is 288 g/mol. The van der Waals surface area contributed by atoms with E-state index in [0.29, 0.717) is 6.54 Å². The molecule has 0 rings (SSSR count). The number of carboxylic acid groups (broad SMARTS) is 1. The van der Waals surface area contributed by atoms with Crippen LogP contribution in [0.25, 0.3) is 0 Å². The predicted molar refractivity (Wildman–Crippen MR) is 69.7 cm³/mol. The van der Waals surface area contributed by atoms with Crippen LogP contribution < -0.4 is 16.4 Å². The normalized spacial score (nSPS) is 12.9. The van der Waals surface area contributed by atoms with Gasteiger partial charge < -0.3 is 26.4 Å². The standard InChI is InChI=1S/C11H20N4O5/c1-4-15(3)9(17)6(2)13-11(20)14-7(10(18)19)5-8(12)16/h6-7H,4-5H2,1-3H3,(H2,12,16)(H,18,19)(H2,13,14,20). The number of hydrogen-bond acceptors (Lipinski definition) is 4. The SMILES string of the molecule is CCN(C)C(=O)C(C)NC(=O)NC(CC(N)=O)C(=O)O. The molecule has 0 aliphatic heterocycles. The molecule has 2 atom stereocenters. The van der Waals surface area contributed by atoms with Crippen molar-refractivity contribution >= 4 is 23.8 Å². The molecule has 0 aromatic rings. The molecule has 4 amide bonds. The van der Waals surface area contributed by atoms with Crippen molar-refractivity contribution in [3.05, 3.63) is 0 Å². The van der Waals surface area contributed by atoms with Gasteiger partial charge in [0.05, 0.1) is 6.42 Å². The Labute approximate surface area is 116 Å². The summed E-state index contributed by atoms with van der Waals surface area (Å²) in [5.41, 5.74) is 4.88. The van der Waals surface area contributed by atoms with Gasteiger partial charge in [0, 0.05) is 13.6 Å². The lowest BCUT2D eigenvalue weighted by atomic mass is 10.2. The molecule has 114 valence electrons. The van der Waals surface area contributed by atoms with Crippen LogP contribution in [0.15, 0.2) is 0 Å². The van der Waals surface area contributed by atoms with Gasteiger partial charge in [-0.05, 0) is 13.8 Å². The highest BCUT2D eigenvalue weighted by molar-refractivity contribution is 5.90. The van der Waals surface area contributed by atoms with Gasteiger partial charge in [-0.25, -0.2) is 9.59 Å². The third-order valence-electron chi connectivity index (χ3n) is 2.58. The molecular weight excluding hydrogens is 268 g/mol. The molecule has 0 bridgehead atoms. The summed E-state index contributed by atoms with van der Waals surface area (Å²) in [6.45, 7) is 3.72. The van der Waals surface area contributed by atoms with Gasteiger partial charge in [0.15, 0.2) is 0 Å². The number of primary amides is 1. The van der Waals surface area contributed by atoms with Crippen LogP contribution in [0, 0.1) is 0 Å². The first-order valence-electron chi connectivity index (χ1n) is 6.02. The van der Waals surface area contributed by atoms with Crippen LogP contribution >= 0.6 is 0 Å². The zero-order valence-electron chi connectivity index (χ0n) is 11.7. The number of carboxylic acids is 1. The number of rotatable bonds is 7. The summed E-state index contributed by atoms with van der Waals surface area (Å²) in [6.07, 6.45) is -0.528. The van der Waals surface area contributed by atoms with Gasteiger partial charge >= 0.3 is 12.0 Å². The number of aliphatic carboxylic acids is 1. The lowest BCUT2D eigenvalue weighted by molar-refractivity contribution is -0.140. The smallest absolute Gasteiger partial charge is 0.326 e. The van der Waals surface area contributed by atoms with Crippen LogP contribution in [-0.4, -0.2) is 59.5 Å². The lowest BCUT2D eigenvalue weighted by Gasteiger charge is -2.21. The maximum Gasteiger partial charge on any atom is 0.326 e. The number of urea groups is 1. The average Bonchev–Trinajstić information content (AvgIpc) is 2.35. The molecule has 9 heteroatoms. The molecule has 0 aromatic heterocycles. The summed E-state index contributed by atoms with van der Waals surface area (Å²) >= 11 is 0. The van der Waals surface area contributed by atoms with E-state index in [9.17, 15) is 19.2 Å². The fourth-order valence-corrected chi connectivity index (χ4v) is 1.35. The van der Waals surface area contributed by atoms with Gasteiger partial charge in [-0.15, -0.1) is 0 Å². The minimum Gasteiger partial charge on any atom is -0.480 e. The maximum atomic E-state index is 11.7. The van der Waals surface area contributed by atoms with Crippen molar-refractivity contribution in [2.45, 2.75) is 32.4 Å². The van der Waals surface area contributed by atoms with Crippen molar-refractivity contribution in [1.82, 2.24) is 15.5 Å². The van der Waals surface area contributed by atoms with E-state index in [1.807, 2.05) is 0 Å². The van der Waals surface area contributed by atoms with E-state index >= 15 is 0 Å². The van der Waals surface area contributed by atoms with Crippen LogP contribution in [0.4, 0.5) is 4.79 Å². The molecule has 0 spiro atoms. The second kappa shape index (κ2) is 7.97. The molecule has 0 aromatic carbocycles. The predicted octanol–water partition coefficient (Wildman–Crippen LogP) is -1.52. The first kappa shape index (κ1) is 17.7. The number of carbonyl (C=O) groups is 4. The van der Waals surface area contributed by atoms with E-state index in [2.05, 4.69) is 10.6 Å². The van der Waals surface area contributed by atoms with Crippen molar-refractivity contribution in [2.75, 3.05) is 13.6 Å². The van der Waals surface area contributed by atoms with E-state index < -0.39 is 36.4 Å². The molecule has 5 N–H and O–H groups in total. The number of amides is 4.